The number of thioether (sulfide) groups is 1. The maximum absolute atomic E-state index is 12.6. The highest BCUT2D eigenvalue weighted by Gasteiger charge is 2.12. The van der Waals surface area contributed by atoms with Crippen molar-refractivity contribution in [2.75, 3.05) is 5.75 Å². The molecule has 24 heavy (non-hydrogen) atoms. The summed E-state index contributed by atoms with van der Waals surface area (Å²) in [5, 5.41) is 5.06. The van der Waals surface area contributed by atoms with E-state index in [4.69, 9.17) is 0 Å². The van der Waals surface area contributed by atoms with E-state index in [0.29, 0.717) is 6.54 Å². The first-order chi connectivity index (χ1) is 11.8. The van der Waals surface area contributed by atoms with E-state index in [2.05, 4.69) is 17.2 Å². The Bertz CT molecular complexity index is 816. The molecule has 2 heterocycles. The van der Waals surface area contributed by atoms with Crippen LogP contribution in [0.2, 0.25) is 0 Å². The number of hydrogen-bond acceptors (Lipinski definition) is 4. The predicted molar refractivity (Wildman–Crippen MR) is 102 cm³/mol. The van der Waals surface area contributed by atoms with Gasteiger partial charge in [0.25, 0.3) is 5.91 Å². The summed E-state index contributed by atoms with van der Waals surface area (Å²) in [4.78, 5) is 19.2. The van der Waals surface area contributed by atoms with E-state index in [0.717, 1.165) is 32.3 Å². The summed E-state index contributed by atoms with van der Waals surface area (Å²) in [6.07, 6.45) is 1.79. The number of pyridine rings is 1. The third-order valence-electron chi connectivity index (χ3n) is 3.52. The second-order valence-corrected chi connectivity index (χ2v) is 7.35. The number of thiophene rings is 1. The molecular formula is C19H18N2OS2. The highest BCUT2D eigenvalue weighted by atomic mass is 32.2. The van der Waals surface area contributed by atoms with Crippen LogP contribution in [0.15, 0.2) is 65.0 Å². The lowest BCUT2D eigenvalue weighted by Gasteiger charge is -2.11. The maximum atomic E-state index is 12.6. The fourth-order valence-electron chi connectivity index (χ4n) is 2.42. The molecule has 0 aliphatic carbocycles. The van der Waals surface area contributed by atoms with E-state index in [1.807, 2.05) is 53.9 Å². The van der Waals surface area contributed by atoms with Gasteiger partial charge in [-0.15, -0.1) is 23.1 Å². The van der Waals surface area contributed by atoms with Crippen molar-refractivity contribution in [2.24, 2.45) is 0 Å². The second-order valence-electron chi connectivity index (χ2n) is 5.10. The predicted octanol–water partition coefficient (Wildman–Crippen LogP) is 4.85. The van der Waals surface area contributed by atoms with Gasteiger partial charge in [-0.05, 0) is 41.0 Å². The molecule has 3 rings (SSSR count). The highest BCUT2D eigenvalue weighted by Crippen LogP contribution is 2.26. The first-order valence-corrected chi connectivity index (χ1v) is 9.64. The highest BCUT2D eigenvalue weighted by molar-refractivity contribution is 7.99. The Morgan fingerprint density at radius 3 is 2.83 bits per heavy atom. The van der Waals surface area contributed by atoms with Crippen molar-refractivity contribution in [1.82, 2.24) is 10.3 Å². The Morgan fingerprint density at radius 2 is 2.04 bits per heavy atom. The van der Waals surface area contributed by atoms with Gasteiger partial charge in [0.2, 0.25) is 0 Å². The molecule has 0 aliphatic rings. The van der Waals surface area contributed by atoms with Gasteiger partial charge in [-0.3, -0.25) is 9.78 Å². The van der Waals surface area contributed by atoms with Crippen LogP contribution in [0.5, 0.6) is 0 Å². The fourth-order valence-corrected chi connectivity index (χ4v) is 3.98. The van der Waals surface area contributed by atoms with Crippen molar-refractivity contribution in [1.29, 1.82) is 0 Å². The summed E-state index contributed by atoms with van der Waals surface area (Å²) in [5.74, 6) is 0.891. The number of aromatic nitrogens is 1. The molecule has 1 N–H and O–H groups in total. The van der Waals surface area contributed by atoms with E-state index >= 15 is 0 Å². The van der Waals surface area contributed by atoms with Gasteiger partial charge in [0.05, 0.1) is 16.1 Å². The minimum absolute atomic E-state index is 0.0486. The minimum atomic E-state index is -0.0486. The van der Waals surface area contributed by atoms with E-state index in [9.17, 15) is 4.79 Å². The average molecular weight is 355 g/mol. The molecule has 3 aromatic rings. The molecule has 0 saturated heterocycles. The van der Waals surface area contributed by atoms with E-state index in [1.54, 1.807) is 29.3 Å². The van der Waals surface area contributed by atoms with Crippen molar-refractivity contribution in [3.8, 4) is 10.6 Å². The number of benzene rings is 1. The molecule has 1 aromatic carbocycles. The first-order valence-electron chi connectivity index (χ1n) is 7.77. The monoisotopic (exact) mass is 354 g/mol. The van der Waals surface area contributed by atoms with Crippen LogP contribution in [-0.4, -0.2) is 16.6 Å². The summed E-state index contributed by atoms with van der Waals surface area (Å²) in [6, 6.07) is 15.7. The van der Waals surface area contributed by atoms with E-state index in [1.165, 1.54) is 0 Å². The number of amides is 1. The lowest BCUT2D eigenvalue weighted by molar-refractivity contribution is 0.0948. The van der Waals surface area contributed by atoms with Gasteiger partial charge < -0.3 is 5.32 Å². The zero-order chi connectivity index (χ0) is 16.8. The minimum Gasteiger partial charge on any atom is -0.348 e. The largest absolute Gasteiger partial charge is 0.348 e. The van der Waals surface area contributed by atoms with E-state index < -0.39 is 0 Å². The molecule has 0 fully saturated rings. The maximum Gasteiger partial charge on any atom is 0.252 e. The van der Waals surface area contributed by atoms with Crippen LogP contribution in [0.3, 0.4) is 0 Å². The van der Waals surface area contributed by atoms with Crippen molar-refractivity contribution >= 4 is 29.0 Å². The van der Waals surface area contributed by atoms with Crippen LogP contribution in [-0.2, 0) is 6.54 Å². The quantitative estimate of drug-likeness (QED) is 0.643. The zero-order valence-electron chi connectivity index (χ0n) is 13.4. The van der Waals surface area contributed by atoms with Crippen molar-refractivity contribution in [2.45, 2.75) is 18.4 Å². The summed E-state index contributed by atoms with van der Waals surface area (Å²) in [6.45, 7) is 2.55. The molecule has 0 atom stereocenters. The van der Waals surface area contributed by atoms with Crippen LogP contribution >= 0.6 is 23.1 Å². The Morgan fingerprint density at radius 1 is 1.17 bits per heavy atom. The van der Waals surface area contributed by atoms with Crippen molar-refractivity contribution in [3.63, 3.8) is 0 Å². The molecule has 2 aromatic heterocycles. The molecule has 0 saturated carbocycles. The SMILES string of the molecule is CCSc1ccccc1C(=O)NCc1cccnc1-c1cccs1. The molecule has 3 nitrogen and oxygen atoms in total. The molecular weight excluding hydrogens is 336 g/mol. The number of carbonyl (C=O) groups excluding carboxylic acids is 1. The number of nitrogens with zero attached hydrogens (tertiary/aromatic N) is 1. The molecule has 5 heteroatoms. The number of hydrogen-bond donors (Lipinski definition) is 1. The standard InChI is InChI=1S/C19H18N2OS2/c1-2-23-16-9-4-3-8-15(16)19(22)21-13-14-7-5-11-20-18(14)17-10-6-12-24-17/h3-12H,2,13H2,1H3,(H,21,22). The van der Waals surface area contributed by atoms with Gasteiger partial charge in [0, 0.05) is 17.6 Å². The summed E-state index contributed by atoms with van der Waals surface area (Å²) in [5.41, 5.74) is 2.68. The molecule has 122 valence electrons. The van der Waals surface area contributed by atoms with Crippen LogP contribution in [0.25, 0.3) is 10.6 Å². The number of nitrogens with one attached hydrogen (secondary N) is 1. The number of carbonyl (C=O) groups is 1. The summed E-state index contributed by atoms with van der Waals surface area (Å²) < 4.78 is 0. The van der Waals surface area contributed by atoms with Gasteiger partial charge in [-0.25, -0.2) is 0 Å². The first kappa shape index (κ1) is 16.7. The van der Waals surface area contributed by atoms with Crippen LogP contribution < -0.4 is 5.32 Å². The molecule has 1 amide bonds. The summed E-state index contributed by atoms with van der Waals surface area (Å²) in [7, 11) is 0. The average Bonchev–Trinajstić information content (AvgIpc) is 3.15. The fraction of sp³-hybridized carbons (Fsp3) is 0.158. The van der Waals surface area contributed by atoms with Crippen molar-refractivity contribution < 1.29 is 4.79 Å². The van der Waals surface area contributed by atoms with Gasteiger partial charge >= 0.3 is 0 Å². The van der Waals surface area contributed by atoms with Gasteiger partial charge in [-0.2, -0.15) is 0 Å². The molecule has 0 bridgehead atoms. The van der Waals surface area contributed by atoms with E-state index in [-0.39, 0.29) is 5.91 Å². The molecule has 0 radical (unpaired) electrons. The lowest BCUT2D eigenvalue weighted by Crippen LogP contribution is -2.23. The molecule has 0 unspecified atom stereocenters. The second kappa shape index (κ2) is 8.13. The summed E-state index contributed by atoms with van der Waals surface area (Å²) >= 11 is 3.33. The number of rotatable bonds is 6. The topological polar surface area (TPSA) is 42.0 Å². The smallest absolute Gasteiger partial charge is 0.252 e. The van der Waals surface area contributed by atoms with Crippen LogP contribution in [0.1, 0.15) is 22.8 Å². The van der Waals surface area contributed by atoms with Crippen LogP contribution in [0.4, 0.5) is 0 Å². The Balaban J connectivity index is 1.76. The van der Waals surface area contributed by atoms with Gasteiger partial charge in [-0.1, -0.05) is 31.2 Å². The Hall–Kier alpha value is -2.11. The molecule has 0 aliphatic heterocycles. The molecule has 0 spiro atoms. The lowest BCUT2D eigenvalue weighted by atomic mass is 10.1. The van der Waals surface area contributed by atoms with Crippen LogP contribution in [0, 0.1) is 0 Å². The Labute approximate surface area is 150 Å². The third-order valence-corrected chi connectivity index (χ3v) is 5.35. The van der Waals surface area contributed by atoms with Gasteiger partial charge in [0.15, 0.2) is 0 Å². The zero-order valence-corrected chi connectivity index (χ0v) is 15.0. The Kier molecular flexibility index (Phi) is 5.67. The van der Waals surface area contributed by atoms with Gasteiger partial charge in [0.1, 0.15) is 0 Å². The van der Waals surface area contributed by atoms with Crippen molar-refractivity contribution in [3.05, 3.63) is 71.2 Å². The normalized spacial score (nSPS) is 10.5. The third kappa shape index (κ3) is 3.86.